The van der Waals surface area contributed by atoms with Gasteiger partial charge in [-0.2, -0.15) is 8.42 Å². The van der Waals surface area contributed by atoms with Crippen LogP contribution in [-0.2, 0) is 16.7 Å². The first-order valence-corrected chi connectivity index (χ1v) is 7.12. The smallest absolute Gasteiger partial charge is 0.277 e. The van der Waals surface area contributed by atoms with Crippen LogP contribution in [0.25, 0.3) is 0 Å². The van der Waals surface area contributed by atoms with Gasteiger partial charge in [-0.3, -0.25) is 0 Å². The molecule has 106 valence electrons. The van der Waals surface area contributed by atoms with E-state index in [1.165, 1.54) is 6.20 Å². The van der Waals surface area contributed by atoms with Gasteiger partial charge in [0.05, 0.1) is 7.11 Å². The van der Waals surface area contributed by atoms with E-state index in [9.17, 15) is 13.6 Å². The summed E-state index contributed by atoms with van der Waals surface area (Å²) in [5, 5.41) is 11.2. The van der Waals surface area contributed by atoms with Gasteiger partial charge in [0.2, 0.25) is 0 Å². The first-order valence-electron chi connectivity index (χ1n) is 6.04. The van der Waals surface area contributed by atoms with Crippen molar-refractivity contribution in [2.24, 2.45) is 0 Å². The lowest BCUT2D eigenvalue weighted by molar-refractivity contribution is -0.680. The van der Waals surface area contributed by atoms with Crippen molar-refractivity contribution >= 4 is 15.3 Å². The Bertz CT molecular complexity index is 709. The highest BCUT2D eigenvalue weighted by molar-refractivity contribution is 7.72. The number of ether oxygens (including phenoxy) is 1. The Kier molecular flexibility index (Phi) is 4.39. The van der Waals surface area contributed by atoms with E-state index in [1.807, 2.05) is 25.1 Å². The third kappa shape index (κ3) is 2.98. The maximum Gasteiger partial charge on any atom is 0.277 e. The van der Waals surface area contributed by atoms with Crippen LogP contribution in [0.2, 0.25) is 0 Å². The number of nitrogens with one attached hydrogen (secondary N) is 1. The summed E-state index contributed by atoms with van der Waals surface area (Å²) in [5.74, 6) is 0.675. The minimum atomic E-state index is -2.54. The Labute approximate surface area is 118 Å². The molecular formula is C14H15NO4S. The molecule has 0 aromatic heterocycles. The molecule has 0 bridgehead atoms. The zero-order chi connectivity index (χ0) is 14.7. The molecule has 0 saturated heterocycles. The molecule has 0 radical (unpaired) electrons. The van der Waals surface area contributed by atoms with Crippen molar-refractivity contribution < 1.29 is 18.2 Å². The standard InChI is InChI=1S/C14H15NO4S/c1-10-5-6-13(19-2)12(8-10)9-11-4-3-7-15(16)14(11)20(17)18/h3-8,15H,9H2,1-2H3. The highest BCUT2D eigenvalue weighted by Crippen LogP contribution is 2.23. The van der Waals surface area contributed by atoms with Crippen LogP contribution in [0, 0.1) is 12.1 Å². The van der Waals surface area contributed by atoms with E-state index in [4.69, 9.17) is 4.74 Å². The van der Waals surface area contributed by atoms with Gasteiger partial charge in [0.25, 0.3) is 15.3 Å². The average molecular weight is 293 g/mol. The van der Waals surface area contributed by atoms with Crippen LogP contribution in [0.15, 0.2) is 42.1 Å². The molecule has 0 saturated carbocycles. The number of hydrogen-bond donors (Lipinski definition) is 1. The van der Waals surface area contributed by atoms with Gasteiger partial charge in [-0.1, -0.05) is 17.7 Å². The van der Waals surface area contributed by atoms with Crippen molar-refractivity contribution in [1.29, 1.82) is 0 Å². The van der Waals surface area contributed by atoms with Gasteiger partial charge >= 0.3 is 0 Å². The summed E-state index contributed by atoms with van der Waals surface area (Å²) in [6.07, 6.45) is 4.80. The van der Waals surface area contributed by atoms with Crippen molar-refractivity contribution in [2.75, 3.05) is 7.11 Å². The number of allylic oxidation sites excluding steroid dienone is 2. The summed E-state index contributed by atoms with van der Waals surface area (Å²) in [7, 11) is -0.983. The molecule has 0 fully saturated rings. The van der Waals surface area contributed by atoms with Crippen LogP contribution in [0.1, 0.15) is 11.1 Å². The maximum atomic E-state index is 11.7. The van der Waals surface area contributed by atoms with Crippen molar-refractivity contribution in [1.82, 2.24) is 0 Å². The molecule has 1 aromatic carbocycles. The molecule has 0 spiro atoms. The number of rotatable bonds is 3. The van der Waals surface area contributed by atoms with Gasteiger partial charge in [0.1, 0.15) is 11.9 Å². The van der Waals surface area contributed by atoms with Crippen LogP contribution in [-0.4, -0.2) is 20.5 Å². The third-order valence-electron chi connectivity index (χ3n) is 3.04. The molecular weight excluding hydrogens is 278 g/mol. The minimum Gasteiger partial charge on any atom is -0.623 e. The molecule has 0 amide bonds. The number of aryl methyl sites for hydroxylation is 1. The van der Waals surface area contributed by atoms with E-state index >= 15 is 0 Å². The molecule has 2 rings (SSSR count). The number of hydroxylamine groups is 2. The fraction of sp³-hybridized carbons (Fsp3) is 0.214. The second-order valence-corrected chi connectivity index (χ2v) is 5.35. The summed E-state index contributed by atoms with van der Waals surface area (Å²) >= 11 is 0. The Morgan fingerprint density at radius 3 is 2.75 bits per heavy atom. The first kappa shape index (κ1) is 14.5. The number of benzene rings is 1. The van der Waals surface area contributed by atoms with Gasteiger partial charge in [0.15, 0.2) is 0 Å². The molecule has 1 aliphatic heterocycles. The first-order chi connectivity index (χ1) is 9.52. The lowest BCUT2D eigenvalue weighted by atomic mass is 10.0. The van der Waals surface area contributed by atoms with Crippen molar-refractivity contribution in [2.45, 2.75) is 13.3 Å². The highest BCUT2D eigenvalue weighted by atomic mass is 32.2. The zero-order valence-electron chi connectivity index (χ0n) is 11.2. The van der Waals surface area contributed by atoms with E-state index in [0.717, 1.165) is 11.1 Å². The Morgan fingerprint density at radius 1 is 1.35 bits per heavy atom. The second kappa shape index (κ2) is 6.04. The van der Waals surface area contributed by atoms with Crippen molar-refractivity contribution in [3.63, 3.8) is 0 Å². The molecule has 1 heterocycles. The van der Waals surface area contributed by atoms with Crippen LogP contribution in [0.3, 0.4) is 0 Å². The molecule has 6 heteroatoms. The predicted octanol–water partition coefficient (Wildman–Crippen LogP) is 0.392. The maximum absolute atomic E-state index is 11.7. The third-order valence-corrected chi connectivity index (χ3v) is 3.84. The normalized spacial score (nSPS) is 17.9. The molecule has 1 atom stereocenters. The SMILES string of the molecule is COc1ccc(C)cc1CC1=CC=C[NH+]([O-])C1=S(=O)=O. The van der Waals surface area contributed by atoms with Crippen molar-refractivity contribution in [3.05, 3.63) is 58.5 Å². The van der Waals surface area contributed by atoms with Gasteiger partial charge < -0.3 is 15.0 Å². The molecule has 0 aliphatic carbocycles. The molecule has 1 aromatic rings. The van der Waals surface area contributed by atoms with E-state index < -0.39 is 15.4 Å². The van der Waals surface area contributed by atoms with Gasteiger partial charge in [-0.15, -0.1) is 0 Å². The van der Waals surface area contributed by atoms with Crippen LogP contribution in [0.4, 0.5) is 0 Å². The molecule has 1 N–H and O–H groups in total. The lowest BCUT2D eigenvalue weighted by Crippen LogP contribution is -3.06. The lowest BCUT2D eigenvalue weighted by Gasteiger charge is -2.21. The Hall–Kier alpha value is -1.89. The summed E-state index contributed by atoms with van der Waals surface area (Å²) in [6.45, 7) is 1.94. The van der Waals surface area contributed by atoms with Crippen LogP contribution < -0.4 is 9.80 Å². The number of hydrogen-bond acceptors (Lipinski definition) is 4. The quantitative estimate of drug-likeness (QED) is 0.646. The monoisotopic (exact) mass is 293 g/mol. The van der Waals surface area contributed by atoms with E-state index in [2.05, 4.69) is 0 Å². The van der Waals surface area contributed by atoms with E-state index in [-0.39, 0.29) is 4.99 Å². The summed E-state index contributed by atoms with van der Waals surface area (Å²) in [5.41, 5.74) is 2.38. The van der Waals surface area contributed by atoms with Gasteiger partial charge in [0, 0.05) is 12.0 Å². The fourth-order valence-corrected chi connectivity index (χ4v) is 2.73. The van der Waals surface area contributed by atoms with Gasteiger partial charge in [-0.05, 0) is 30.7 Å². The number of methoxy groups -OCH3 is 1. The van der Waals surface area contributed by atoms with E-state index in [1.54, 1.807) is 19.3 Å². The van der Waals surface area contributed by atoms with E-state index in [0.29, 0.717) is 17.7 Å². The Morgan fingerprint density at radius 2 is 2.10 bits per heavy atom. The average Bonchev–Trinajstić information content (AvgIpc) is 2.38. The van der Waals surface area contributed by atoms with Crippen molar-refractivity contribution in [3.8, 4) is 5.75 Å². The summed E-state index contributed by atoms with van der Waals surface area (Å²) in [4.78, 5) is -0.170. The van der Waals surface area contributed by atoms with Crippen LogP contribution >= 0.6 is 0 Å². The number of quaternary nitrogens is 1. The topological polar surface area (TPSA) is 70.9 Å². The summed E-state index contributed by atoms with van der Waals surface area (Å²) < 4.78 is 27.7. The molecule has 1 aliphatic rings. The molecule has 20 heavy (non-hydrogen) atoms. The molecule has 1 unspecified atom stereocenters. The highest BCUT2D eigenvalue weighted by Gasteiger charge is 2.20. The summed E-state index contributed by atoms with van der Waals surface area (Å²) in [6, 6.07) is 5.67. The van der Waals surface area contributed by atoms with Gasteiger partial charge in [-0.25, -0.2) is 0 Å². The molecule has 5 nitrogen and oxygen atoms in total. The minimum absolute atomic E-state index is 0.170. The second-order valence-electron chi connectivity index (χ2n) is 4.47. The largest absolute Gasteiger partial charge is 0.623 e. The Balaban J connectivity index is 2.44. The van der Waals surface area contributed by atoms with Crippen LogP contribution in [0.5, 0.6) is 5.75 Å². The zero-order valence-corrected chi connectivity index (χ0v) is 12.0. The fourth-order valence-electron chi connectivity index (χ4n) is 2.14. The predicted molar refractivity (Wildman–Crippen MR) is 76.9 cm³/mol.